The molecule has 3 aromatic heterocycles. The molecule has 1 saturated heterocycles. The molecular formula is C27H23FN6O2. The van der Waals surface area contributed by atoms with E-state index >= 15 is 0 Å². The monoisotopic (exact) mass is 482 g/mol. The van der Waals surface area contributed by atoms with Gasteiger partial charge in [-0.2, -0.15) is 0 Å². The summed E-state index contributed by atoms with van der Waals surface area (Å²) in [5.74, 6) is -0.502. The van der Waals surface area contributed by atoms with Crippen molar-refractivity contribution in [2.45, 2.75) is 19.4 Å². The number of carbonyl (C=O) groups excluding carboxylic acids is 1. The van der Waals surface area contributed by atoms with E-state index in [2.05, 4.69) is 20.3 Å². The number of rotatable bonds is 5. The normalized spacial score (nSPS) is 15.2. The van der Waals surface area contributed by atoms with Crippen LogP contribution in [0.15, 0.2) is 60.9 Å². The molecule has 8 nitrogen and oxygen atoms in total. The van der Waals surface area contributed by atoms with Gasteiger partial charge in [0.25, 0.3) is 5.91 Å². The molecule has 1 aliphatic rings. The highest BCUT2D eigenvalue weighted by molar-refractivity contribution is 5.95. The number of amides is 1. The van der Waals surface area contributed by atoms with Crippen molar-refractivity contribution in [3.05, 3.63) is 78.0 Å². The van der Waals surface area contributed by atoms with E-state index in [1.807, 2.05) is 31.2 Å². The summed E-state index contributed by atoms with van der Waals surface area (Å²) in [6.07, 6.45) is 4.39. The summed E-state index contributed by atoms with van der Waals surface area (Å²) >= 11 is 0. The Kier molecular flexibility index (Phi) is 5.34. The van der Waals surface area contributed by atoms with Crippen LogP contribution in [0.3, 0.4) is 0 Å². The molecule has 0 aliphatic carbocycles. The summed E-state index contributed by atoms with van der Waals surface area (Å²) in [6, 6.07) is 13.9. The van der Waals surface area contributed by atoms with E-state index in [9.17, 15) is 9.18 Å². The average molecular weight is 483 g/mol. The predicted molar refractivity (Wildman–Crippen MR) is 135 cm³/mol. The van der Waals surface area contributed by atoms with Crippen LogP contribution in [-0.2, 0) is 4.74 Å². The fourth-order valence-electron chi connectivity index (χ4n) is 4.44. The average Bonchev–Trinajstić information content (AvgIpc) is 3.30. The summed E-state index contributed by atoms with van der Waals surface area (Å²) < 4.78 is 20.9. The third-order valence-electron chi connectivity index (χ3n) is 6.50. The molecule has 1 aliphatic heterocycles. The van der Waals surface area contributed by atoms with Gasteiger partial charge in [0.2, 0.25) is 0 Å². The molecule has 2 aromatic carbocycles. The highest BCUT2D eigenvalue weighted by Gasteiger charge is 2.23. The largest absolute Gasteiger partial charge is 0.381 e. The number of benzene rings is 2. The molecule has 9 heteroatoms. The summed E-state index contributed by atoms with van der Waals surface area (Å²) in [5, 5.41) is 3.86. The van der Waals surface area contributed by atoms with Gasteiger partial charge < -0.3 is 15.8 Å². The number of hydrogen-bond acceptors (Lipinski definition) is 6. The molecule has 4 heterocycles. The molecule has 1 amide bonds. The molecule has 1 fully saturated rings. The van der Waals surface area contributed by atoms with Crippen LogP contribution in [0.5, 0.6) is 0 Å². The molecule has 0 bridgehead atoms. The van der Waals surface area contributed by atoms with Crippen LogP contribution < -0.4 is 11.1 Å². The second-order valence-electron chi connectivity index (χ2n) is 8.87. The fraction of sp³-hybridized carbons (Fsp3) is 0.185. The lowest BCUT2D eigenvalue weighted by Crippen LogP contribution is -2.39. The zero-order chi connectivity index (χ0) is 24.8. The maximum Gasteiger partial charge on any atom is 0.271 e. The second kappa shape index (κ2) is 8.69. The first kappa shape index (κ1) is 22.1. The number of aromatic nitrogens is 4. The second-order valence-corrected chi connectivity index (χ2v) is 8.87. The van der Waals surface area contributed by atoms with E-state index in [0.717, 1.165) is 28.5 Å². The molecule has 3 N–H and O–H groups in total. The predicted octanol–water partition coefficient (Wildman–Crippen LogP) is 4.16. The Balaban J connectivity index is 1.55. The number of hydrogen-bond donors (Lipinski definition) is 2. The Morgan fingerprint density at radius 3 is 2.69 bits per heavy atom. The Labute approximate surface area is 206 Å². The molecule has 1 atom stereocenters. The third kappa shape index (κ3) is 3.83. The van der Waals surface area contributed by atoms with Crippen molar-refractivity contribution < 1.29 is 13.9 Å². The van der Waals surface area contributed by atoms with E-state index in [1.54, 1.807) is 28.9 Å². The summed E-state index contributed by atoms with van der Waals surface area (Å²) in [5.41, 5.74) is 11.6. The molecule has 180 valence electrons. The Bertz CT molecular complexity index is 1630. The van der Waals surface area contributed by atoms with Gasteiger partial charge in [0.05, 0.1) is 23.0 Å². The number of carbonyl (C=O) groups is 1. The molecule has 0 spiro atoms. The summed E-state index contributed by atoms with van der Waals surface area (Å²) in [7, 11) is 0. The van der Waals surface area contributed by atoms with Crippen molar-refractivity contribution in [3.8, 4) is 22.5 Å². The minimum Gasteiger partial charge on any atom is -0.381 e. The number of nitrogens with zero attached hydrogens (tertiary/aromatic N) is 4. The lowest BCUT2D eigenvalue weighted by molar-refractivity contribution is -0.0473. The lowest BCUT2D eigenvalue weighted by Gasteiger charge is -2.26. The van der Waals surface area contributed by atoms with Gasteiger partial charge in [-0.15, -0.1) is 0 Å². The standard InChI is InChI=1S/C27H23FN6O2/c1-15-8-10-30-21-7-4-17(12-20(15)21)24-23(16-2-5-18(28)6-3-16)33-25(29)26-32-22(14-34(24)26)27(35)31-13-19-9-11-36-19/h2-8,10,12,14,19H,9,11,13H2,1H3,(H2,29,33)(H,31,35). The minimum atomic E-state index is -0.348. The molecule has 6 rings (SSSR count). The van der Waals surface area contributed by atoms with Crippen molar-refractivity contribution in [2.24, 2.45) is 0 Å². The van der Waals surface area contributed by atoms with Gasteiger partial charge in [0.1, 0.15) is 11.5 Å². The number of halogens is 1. The minimum absolute atomic E-state index is 0.0350. The number of imidazole rings is 1. The van der Waals surface area contributed by atoms with Crippen LogP contribution in [0, 0.1) is 12.7 Å². The number of fused-ring (bicyclic) bond motifs is 2. The Hall–Kier alpha value is -4.37. The van der Waals surface area contributed by atoms with Gasteiger partial charge in [-0.3, -0.25) is 14.2 Å². The number of nitrogens with one attached hydrogen (secondary N) is 1. The maximum atomic E-state index is 13.7. The summed E-state index contributed by atoms with van der Waals surface area (Å²) in [4.78, 5) is 26.5. The highest BCUT2D eigenvalue weighted by atomic mass is 19.1. The van der Waals surface area contributed by atoms with Crippen LogP contribution in [0.25, 0.3) is 39.1 Å². The number of anilines is 1. The first-order chi connectivity index (χ1) is 17.5. The topological polar surface area (TPSA) is 107 Å². The first-order valence-electron chi connectivity index (χ1n) is 11.7. The van der Waals surface area contributed by atoms with Crippen LogP contribution in [0.1, 0.15) is 22.5 Å². The van der Waals surface area contributed by atoms with Crippen molar-refractivity contribution in [2.75, 3.05) is 18.9 Å². The van der Waals surface area contributed by atoms with Crippen LogP contribution >= 0.6 is 0 Å². The van der Waals surface area contributed by atoms with E-state index in [4.69, 9.17) is 10.5 Å². The maximum absolute atomic E-state index is 13.7. The quantitative estimate of drug-likeness (QED) is 0.390. The zero-order valence-electron chi connectivity index (χ0n) is 19.5. The van der Waals surface area contributed by atoms with Gasteiger partial charge in [0, 0.05) is 42.1 Å². The van der Waals surface area contributed by atoms with Gasteiger partial charge in [0.15, 0.2) is 11.5 Å². The molecular weight excluding hydrogens is 459 g/mol. The van der Waals surface area contributed by atoms with Crippen LogP contribution in [-0.4, -0.2) is 44.5 Å². The SMILES string of the molecule is Cc1ccnc2ccc(-c3c(-c4ccc(F)cc4)nc(N)c4nc(C(=O)NCC5CCO5)cn34)cc12. The van der Waals surface area contributed by atoms with Crippen molar-refractivity contribution in [1.29, 1.82) is 0 Å². The molecule has 36 heavy (non-hydrogen) atoms. The number of nitrogens with two attached hydrogens (primary N) is 1. The Morgan fingerprint density at radius 2 is 1.94 bits per heavy atom. The fourth-order valence-corrected chi connectivity index (χ4v) is 4.44. The first-order valence-corrected chi connectivity index (χ1v) is 11.7. The lowest BCUT2D eigenvalue weighted by atomic mass is 10.0. The number of pyridine rings is 1. The number of ether oxygens (including phenoxy) is 1. The molecule has 0 radical (unpaired) electrons. The third-order valence-corrected chi connectivity index (χ3v) is 6.50. The van der Waals surface area contributed by atoms with E-state index in [0.29, 0.717) is 35.8 Å². The van der Waals surface area contributed by atoms with Gasteiger partial charge in [-0.25, -0.2) is 14.4 Å². The van der Waals surface area contributed by atoms with E-state index in [-0.39, 0.29) is 29.3 Å². The number of nitrogen functional groups attached to an aromatic ring is 1. The molecule has 5 aromatic rings. The zero-order valence-corrected chi connectivity index (χ0v) is 19.5. The highest BCUT2D eigenvalue weighted by Crippen LogP contribution is 2.35. The van der Waals surface area contributed by atoms with Crippen molar-refractivity contribution in [1.82, 2.24) is 24.7 Å². The van der Waals surface area contributed by atoms with Crippen LogP contribution in [0.4, 0.5) is 10.2 Å². The van der Waals surface area contributed by atoms with E-state index in [1.165, 1.54) is 12.1 Å². The van der Waals surface area contributed by atoms with Crippen molar-refractivity contribution in [3.63, 3.8) is 0 Å². The van der Waals surface area contributed by atoms with Crippen molar-refractivity contribution >= 4 is 28.3 Å². The summed E-state index contributed by atoms with van der Waals surface area (Å²) in [6.45, 7) is 3.16. The van der Waals surface area contributed by atoms with Crippen LogP contribution in [0.2, 0.25) is 0 Å². The van der Waals surface area contributed by atoms with Gasteiger partial charge >= 0.3 is 0 Å². The Morgan fingerprint density at radius 1 is 1.17 bits per heavy atom. The van der Waals surface area contributed by atoms with Gasteiger partial charge in [-0.1, -0.05) is 6.07 Å². The smallest absolute Gasteiger partial charge is 0.271 e. The van der Waals surface area contributed by atoms with E-state index < -0.39 is 0 Å². The number of aryl methyl sites for hydroxylation is 1. The molecule has 1 unspecified atom stereocenters. The van der Waals surface area contributed by atoms with Gasteiger partial charge in [-0.05, 0) is 61.4 Å². The molecule has 0 saturated carbocycles.